The first kappa shape index (κ1) is 16.3. The third-order valence-corrected chi connectivity index (χ3v) is 4.74. The van der Waals surface area contributed by atoms with Crippen LogP contribution in [0.15, 0.2) is 53.4 Å². The molecule has 0 saturated carbocycles. The number of benzene rings is 2. The molecule has 1 N–H and O–H groups in total. The molecule has 5 nitrogen and oxygen atoms in total. The van der Waals surface area contributed by atoms with Crippen LogP contribution in [0.1, 0.15) is 5.56 Å². The van der Waals surface area contributed by atoms with Gasteiger partial charge in [-0.1, -0.05) is 30.3 Å². The van der Waals surface area contributed by atoms with Gasteiger partial charge < -0.3 is 9.47 Å². The Kier molecular flexibility index (Phi) is 5.41. The Morgan fingerprint density at radius 1 is 0.909 bits per heavy atom. The maximum atomic E-state index is 12.3. The summed E-state index contributed by atoms with van der Waals surface area (Å²) in [6.45, 7) is 0.279. The highest BCUT2D eigenvalue weighted by atomic mass is 32.2. The van der Waals surface area contributed by atoms with Crippen LogP contribution >= 0.6 is 0 Å². The maximum absolute atomic E-state index is 12.3. The lowest BCUT2D eigenvalue weighted by atomic mass is 10.1. The van der Waals surface area contributed by atoms with Crippen LogP contribution in [0.2, 0.25) is 0 Å². The molecule has 0 aliphatic heterocycles. The monoisotopic (exact) mass is 321 g/mol. The first-order valence-corrected chi connectivity index (χ1v) is 8.31. The molecule has 0 heterocycles. The van der Waals surface area contributed by atoms with Crippen molar-refractivity contribution in [2.75, 3.05) is 20.8 Å². The summed E-state index contributed by atoms with van der Waals surface area (Å²) >= 11 is 0. The summed E-state index contributed by atoms with van der Waals surface area (Å²) in [4.78, 5) is 0.137. The van der Waals surface area contributed by atoms with Crippen molar-refractivity contribution in [3.05, 3.63) is 54.1 Å². The summed E-state index contributed by atoms with van der Waals surface area (Å²) in [6, 6.07) is 14.1. The van der Waals surface area contributed by atoms with Crippen LogP contribution in [0.4, 0.5) is 0 Å². The summed E-state index contributed by atoms with van der Waals surface area (Å²) in [5, 5.41) is 0. The summed E-state index contributed by atoms with van der Waals surface area (Å²) in [7, 11) is -0.566. The first-order chi connectivity index (χ1) is 10.6. The summed E-state index contributed by atoms with van der Waals surface area (Å²) in [6.07, 6.45) is 0.540. The van der Waals surface area contributed by atoms with Crippen molar-refractivity contribution in [2.24, 2.45) is 0 Å². The summed E-state index contributed by atoms with van der Waals surface area (Å²) in [5.41, 5.74) is 0.952. The topological polar surface area (TPSA) is 64.6 Å². The molecule has 0 amide bonds. The van der Waals surface area contributed by atoms with E-state index in [1.54, 1.807) is 25.3 Å². The summed E-state index contributed by atoms with van der Waals surface area (Å²) in [5.74, 6) is 1.08. The molecule has 0 saturated heterocycles. The van der Waals surface area contributed by atoms with Crippen molar-refractivity contribution in [2.45, 2.75) is 11.3 Å². The number of sulfonamides is 1. The van der Waals surface area contributed by atoms with Crippen molar-refractivity contribution >= 4 is 10.0 Å². The van der Waals surface area contributed by atoms with E-state index in [2.05, 4.69) is 4.72 Å². The molecule has 0 aliphatic carbocycles. The molecule has 0 spiro atoms. The smallest absolute Gasteiger partial charge is 0.244 e. The molecular weight excluding hydrogens is 302 g/mol. The van der Waals surface area contributed by atoms with E-state index in [9.17, 15) is 8.42 Å². The average Bonchev–Trinajstić information content (AvgIpc) is 2.55. The molecule has 2 aromatic carbocycles. The van der Waals surface area contributed by atoms with Gasteiger partial charge in [-0.25, -0.2) is 13.1 Å². The number of methoxy groups -OCH3 is 2. The van der Waals surface area contributed by atoms with E-state index in [0.29, 0.717) is 12.2 Å². The van der Waals surface area contributed by atoms with E-state index in [1.807, 2.05) is 24.3 Å². The third kappa shape index (κ3) is 3.78. The second kappa shape index (κ2) is 7.29. The zero-order valence-electron chi connectivity index (χ0n) is 12.6. The Bertz CT molecular complexity index is 728. The molecule has 0 radical (unpaired) electrons. The molecule has 0 unspecified atom stereocenters. The van der Waals surface area contributed by atoms with Gasteiger partial charge in [-0.3, -0.25) is 0 Å². The van der Waals surface area contributed by atoms with Crippen LogP contribution in [0.5, 0.6) is 11.5 Å². The normalized spacial score (nSPS) is 11.2. The molecule has 118 valence electrons. The van der Waals surface area contributed by atoms with Gasteiger partial charge in [0.1, 0.15) is 16.4 Å². The SMILES string of the molecule is COc1ccccc1CCNS(=O)(=O)c1ccccc1OC. The minimum absolute atomic E-state index is 0.137. The van der Waals surface area contributed by atoms with Crippen LogP contribution in [-0.4, -0.2) is 29.2 Å². The van der Waals surface area contributed by atoms with Crippen LogP contribution in [0, 0.1) is 0 Å². The lowest BCUT2D eigenvalue weighted by Crippen LogP contribution is -2.26. The Labute approximate surface area is 130 Å². The quantitative estimate of drug-likeness (QED) is 0.849. The molecule has 0 fully saturated rings. The number of hydrogen-bond acceptors (Lipinski definition) is 4. The van der Waals surface area contributed by atoms with Gasteiger partial charge in [0, 0.05) is 6.54 Å². The van der Waals surface area contributed by atoms with Crippen molar-refractivity contribution in [1.29, 1.82) is 0 Å². The summed E-state index contributed by atoms with van der Waals surface area (Å²) < 4.78 is 37.6. The second-order valence-corrected chi connectivity index (χ2v) is 6.35. The van der Waals surface area contributed by atoms with Gasteiger partial charge in [-0.05, 0) is 30.2 Å². The standard InChI is InChI=1S/C16H19NO4S/c1-20-14-8-4-3-7-13(14)11-12-17-22(18,19)16-10-6-5-9-15(16)21-2/h3-10,17H,11-12H2,1-2H3. The van der Waals surface area contributed by atoms with Crippen molar-refractivity contribution in [1.82, 2.24) is 4.72 Å². The molecule has 2 rings (SSSR count). The van der Waals surface area contributed by atoms with Crippen molar-refractivity contribution < 1.29 is 17.9 Å². The average molecular weight is 321 g/mol. The lowest BCUT2D eigenvalue weighted by molar-refractivity contribution is 0.402. The van der Waals surface area contributed by atoms with Gasteiger partial charge in [0.2, 0.25) is 10.0 Å². The van der Waals surface area contributed by atoms with Gasteiger partial charge in [-0.15, -0.1) is 0 Å². The van der Waals surface area contributed by atoms with Gasteiger partial charge in [0.15, 0.2) is 0 Å². The molecule has 0 aliphatic rings. The molecular formula is C16H19NO4S. The van der Waals surface area contributed by atoms with E-state index in [0.717, 1.165) is 11.3 Å². The second-order valence-electron chi connectivity index (χ2n) is 4.61. The zero-order chi connectivity index (χ0) is 16.0. The van der Waals surface area contributed by atoms with Gasteiger partial charge in [0.25, 0.3) is 0 Å². The highest BCUT2D eigenvalue weighted by Gasteiger charge is 2.18. The van der Waals surface area contributed by atoms with Crippen molar-refractivity contribution in [3.63, 3.8) is 0 Å². The predicted octanol–water partition coefficient (Wildman–Crippen LogP) is 2.22. The zero-order valence-corrected chi connectivity index (χ0v) is 13.4. The third-order valence-electron chi connectivity index (χ3n) is 3.24. The minimum Gasteiger partial charge on any atom is -0.496 e. The van der Waals surface area contributed by atoms with E-state index in [1.165, 1.54) is 13.2 Å². The lowest BCUT2D eigenvalue weighted by Gasteiger charge is -2.11. The van der Waals surface area contributed by atoms with Gasteiger partial charge >= 0.3 is 0 Å². The largest absolute Gasteiger partial charge is 0.496 e. The van der Waals surface area contributed by atoms with Gasteiger partial charge in [0.05, 0.1) is 14.2 Å². The number of nitrogens with one attached hydrogen (secondary N) is 1. The molecule has 2 aromatic rings. The number of hydrogen-bond donors (Lipinski definition) is 1. The Morgan fingerprint density at radius 3 is 2.18 bits per heavy atom. The molecule has 22 heavy (non-hydrogen) atoms. The fraction of sp³-hybridized carbons (Fsp3) is 0.250. The van der Waals surface area contributed by atoms with Crippen LogP contribution in [0.25, 0.3) is 0 Å². The Morgan fingerprint density at radius 2 is 1.50 bits per heavy atom. The van der Waals surface area contributed by atoms with Crippen LogP contribution < -0.4 is 14.2 Å². The Balaban J connectivity index is 2.07. The maximum Gasteiger partial charge on any atom is 0.244 e. The molecule has 0 bridgehead atoms. The highest BCUT2D eigenvalue weighted by molar-refractivity contribution is 7.89. The van der Waals surface area contributed by atoms with Crippen LogP contribution in [-0.2, 0) is 16.4 Å². The van der Waals surface area contributed by atoms with E-state index < -0.39 is 10.0 Å². The first-order valence-electron chi connectivity index (χ1n) is 6.83. The number of rotatable bonds is 7. The van der Waals surface area contributed by atoms with Gasteiger partial charge in [-0.2, -0.15) is 0 Å². The van der Waals surface area contributed by atoms with E-state index >= 15 is 0 Å². The molecule has 0 aromatic heterocycles. The van der Waals surface area contributed by atoms with E-state index in [-0.39, 0.29) is 11.4 Å². The number of para-hydroxylation sites is 2. The van der Waals surface area contributed by atoms with E-state index in [4.69, 9.17) is 9.47 Å². The fourth-order valence-corrected chi connectivity index (χ4v) is 3.35. The highest BCUT2D eigenvalue weighted by Crippen LogP contribution is 2.22. The predicted molar refractivity (Wildman–Crippen MR) is 84.9 cm³/mol. The van der Waals surface area contributed by atoms with Crippen LogP contribution in [0.3, 0.4) is 0 Å². The molecule has 0 atom stereocenters. The minimum atomic E-state index is -3.61. The molecule has 6 heteroatoms. The Hall–Kier alpha value is -2.05. The fourth-order valence-electron chi connectivity index (χ4n) is 2.15. The van der Waals surface area contributed by atoms with Crippen molar-refractivity contribution in [3.8, 4) is 11.5 Å². The number of ether oxygens (including phenoxy) is 2.